The van der Waals surface area contributed by atoms with E-state index < -0.39 is 0 Å². The fraction of sp³-hybridized carbons (Fsp3) is 0.562. The highest BCUT2D eigenvalue weighted by Gasteiger charge is 2.26. The number of fused-ring (bicyclic) bond motifs is 1. The molecule has 2 amide bonds. The molecule has 0 bridgehead atoms. The summed E-state index contributed by atoms with van der Waals surface area (Å²) < 4.78 is 0. The molecule has 22 heavy (non-hydrogen) atoms. The lowest BCUT2D eigenvalue weighted by Gasteiger charge is -2.31. The second-order valence-electron chi connectivity index (χ2n) is 5.89. The normalized spacial score (nSPS) is 15.1. The molecule has 1 atom stereocenters. The number of anilines is 1. The molecule has 6 heteroatoms. The molecule has 0 spiro atoms. The predicted molar refractivity (Wildman–Crippen MR) is 89.0 cm³/mol. The number of aromatic nitrogens is 1. The van der Waals surface area contributed by atoms with Crippen molar-refractivity contribution in [2.75, 3.05) is 5.32 Å². The van der Waals surface area contributed by atoms with Crippen LogP contribution in [0.5, 0.6) is 0 Å². The number of pyridine rings is 1. The van der Waals surface area contributed by atoms with Crippen molar-refractivity contribution < 1.29 is 9.59 Å². The number of rotatable bonds is 4. The monoisotopic (exact) mass is 325 g/mol. The summed E-state index contributed by atoms with van der Waals surface area (Å²) in [6, 6.07) is 3.83. The van der Waals surface area contributed by atoms with Crippen LogP contribution < -0.4 is 5.32 Å². The lowest BCUT2D eigenvalue weighted by atomic mass is 10.0. The average Bonchev–Trinajstić information content (AvgIpc) is 2.45. The zero-order valence-corrected chi connectivity index (χ0v) is 14.4. The maximum atomic E-state index is 12.0. The van der Waals surface area contributed by atoms with Crippen LogP contribution >= 0.6 is 12.4 Å². The van der Waals surface area contributed by atoms with Crippen LogP contribution in [0.3, 0.4) is 0 Å². The van der Waals surface area contributed by atoms with Crippen LogP contribution in [-0.4, -0.2) is 27.7 Å². The largest absolute Gasteiger partial charge is 0.334 e. The minimum absolute atomic E-state index is 0. The molecule has 0 saturated heterocycles. The zero-order chi connectivity index (χ0) is 15.6. The van der Waals surface area contributed by atoms with E-state index in [0.29, 0.717) is 18.8 Å². The molecule has 1 aliphatic rings. The minimum Gasteiger partial charge on any atom is -0.334 e. The van der Waals surface area contributed by atoms with Gasteiger partial charge in [-0.3, -0.25) is 9.59 Å². The smallest absolute Gasteiger partial charge is 0.228 e. The minimum atomic E-state index is -0.0310. The number of nitrogens with zero attached hydrogens (tertiary/aromatic N) is 2. The van der Waals surface area contributed by atoms with Crippen molar-refractivity contribution in [1.82, 2.24) is 9.88 Å². The van der Waals surface area contributed by atoms with Gasteiger partial charge < -0.3 is 10.2 Å². The van der Waals surface area contributed by atoms with Gasteiger partial charge in [-0.1, -0.05) is 19.9 Å². The second kappa shape index (κ2) is 7.58. The Morgan fingerprint density at radius 2 is 2.05 bits per heavy atom. The van der Waals surface area contributed by atoms with E-state index in [-0.39, 0.29) is 36.2 Å². The Labute approximate surface area is 137 Å². The van der Waals surface area contributed by atoms with Crippen LogP contribution in [0.1, 0.15) is 45.4 Å². The molecule has 0 aromatic carbocycles. The Balaban J connectivity index is 0.00000242. The molecule has 1 aromatic heterocycles. The van der Waals surface area contributed by atoms with Gasteiger partial charge in [0.15, 0.2) is 0 Å². The number of nitrogens with one attached hydrogen (secondary N) is 1. The molecule has 2 heterocycles. The summed E-state index contributed by atoms with van der Waals surface area (Å²) in [5.74, 6) is 0.655. The van der Waals surface area contributed by atoms with Crippen LogP contribution in [0.2, 0.25) is 0 Å². The predicted octanol–water partition coefficient (Wildman–Crippen LogP) is 2.78. The van der Waals surface area contributed by atoms with Gasteiger partial charge in [0.1, 0.15) is 5.82 Å². The number of hydrogen-bond donors (Lipinski definition) is 1. The highest BCUT2D eigenvalue weighted by atomic mass is 35.5. The first-order valence-corrected chi connectivity index (χ1v) is 7.51. The number of carbonyl (C=O) groups excluding carboxylic acids is 2. The first kappa shape index (κ1) is 18.4. The van der Waals surface area contributed by atoms with Gasteiger partial charge in [-0.15, -0.1) is 12.4 Å². The van der Waals surface area contributed by atoms with Crippen molar-refractivity contribution in [2.24, 2.45) is 5.92 Å². The fourth-order valence-corrected chi connectivity index (χ4v) is 2.32. The van der Waals surface area contributed by atoms with E-state index in [9.17, 15) is 9.59 Å². The van der Waals surface area contributed by atoms with E-state index in [1.54, 1.807) is 6.07 Å². The Kier molecular flexibility index (Phi) is 6.35. The van der Waals surface area contributed by atoms with Crippen LogP contribution in [0, 0.1) is 5.92 Å². The number of hydrogen-bond acceptors (Lipinski definition) is 3. The number of halogens is 1. The Hall–Kier alpha value is -1.62. The van der Waals surface area contributed by atoms with Gasteiger partial charge in [-0.2, -0.15) is 0 Å². The lowest BCUT2D eigenvalue weighted by molar-refractivity contribution is -0.133. The quantitative estimate of drug-likeness (QED) is 0.926. The van der Waals surface area contributed by atoms with E-state index in [4.69, 9.17) is 0 Å². The van der Waals surface area contributed by atoms with Gasteiger partial charge in [0, 0.05) is 12.0 Å². The van der Waals surface area contributed by atoms with Crippen molar-refractivity contribution in [1.29, 1.82) is 0 Å². The zero-order valence-electron chi connectivity index (χ0n) is 13.5. The van der Waals surface area contributed by atoms with E-state index in [2.05, 4.69) is 10.3 Å². The van der Waals surface area contributed by atoms with Crippen molar-refractivity contribution in [2.45, 2.75) is 53.1 Å². The first-order valence-electron chi connectivity index (χ1n) is 7.51. The van der Waals surface area contributed by atoms with Gasteiger partial charge >= 0.3 is 0 Å². The van der Waals surface area contributed by atoms with E-state index in [1.807, 2.05) is 38.7 Å². The van der Waals surface area contributed by atoms with Crippen molar-refractivity contribution in [3.8, 4) is 0 Å². The molecule has 0 radical (unpaired) electrons. The summed E-state index contributed by atoms with van der Waals surface area (Å²) in [7, 11) is 0. The third kappa shape index (κ3) is 3.97. The molecule has 2 rings (SSSR count). The summed E-state index contributed by atoms with van der Waals surface area (Å²) in [6.07, 6.45) is 1.19. The lowest BCUT2D eigenvalue weighted by Crippen LogP contribution is -2.41. The standard InChI is InChI=1S/C16H23N3O2.ClH/c1-5-11(4)16(21)18-14-7-6-12-8-15(20)19(10(2)3)9-13(12)17-14;/h6-7,10-11H,5,8-9H2,1-4H3,(H,17,18,21);1H/t11-;/m1./s1. The molecule has 0 saturated carbocycles. The molecule has 0 fully saturated rings. The summed E-state index contributed by atoms with van der Waals surface area (Å²) in [6.45, 7) is 8.39. The van der Waals surface area contributed by atoms with Gasteiger partial charge in [0.25, 0.3) is 0 Å². The molecule has 122 valence electrons. The van der Waals surface area contributed by atoms with Crippen LogP contribution in [0.25, 0.3) is 0 Å². The average molecular weight is 326 g/mol. The maximum absolute atomic E-state index is 12.0. The van der Waals surface area contributed by atoms with Crippen LogP contribution in [0.15, 0.2) is 12.1 Å². The van der Waals surface area contributed by atoms with Crippen molar-refractivity contribution in [3.63, 3.8) is 0 Å². The van der Waals surface area contributed by atoms with Crippen LogP contribution in [0.4, 0.5) is 5.82 Å². The molecular formula is C16H24ClN3O2. The summed E-state index contributed by atoms with van der Waals surface area (Å²) >= 11 is 0. The number of carbonyl (C=O) groups is 2. The van der Waals surface area contributed by atoms with Gasteiger partial charge in [-0.05, 0) is 31.9 Å². The molecule has 0 unspecified atom stereocenters. The Bertz CT molecular complexity index is 560. The van der Waals surface area contributed by atoms with E-state index >= 15 is 0 Å². The van der Waals surface area contributed by atoms with Crippen LogP contribution in [-0.2, 0) is 22.6 Å². The molecular weight excluding hydrogens is 302 g/mol. The highest BCUT2D eigenvalue weighted by Crippen LogP contribution is 2.22. The molecule has 1 N–H and O–H groups in total. The SMILES string of the molecule is CC[C@@H](C)C(=O)Nc1ccc2c(n1)CN(C(C)C)C(=O)C2.Cl. The third-order valence-electron chi connectivity index (χ3n) is 3.99. The Morgan fingerprint density at radius 1 is 1.36 bits per heavy atom. The molecule has 1 aliphatic heterocycles. The summed E-state index contributed by atoms with van der Waals surface area (Å²) in [5.41, 5.74) is 1.84. The molecule has 0 aliphatic carbocycles. The van der Waals surface area contributed by atoms with E-state index in [0.717, 1.165) is 17.7 Å². The second-order valence-corrected chi connectivity index (χ2v) is 5.89. The topological polar surface area (TPSA) is 62.3 Å². The highest BCUT2D eigenvalue weighted by molar-refractivity contribution is 5.91. The summed E-state index contributed by atoms with van der Waals surface area (Å²) in [5, 5.41) is 2.84. The fourth-order valence-electron chi connectivity index (χ4n) is 2.32. The maximum Gasteiger partial charge on any atom is 0.228 e. The summed E-state index contributed by atoms with van der Waals surface area (Å²) in [4.78, 5) is 30.3. The Morgan fingerprint density at radius 3 is 2.64 bits per heavy atom. The first-order chi connectivity index (χ1) is 9.92. The molecule has 5 nitrogen and oxygen atoms in total. The third-order valence-corrected chi connectivity index (χ3v) is 3.99. The van der Waals surface area contributed by atoms with Gasteiger partial charge in [0.05, 0.1) is 18.7 Å². The molecule has 1 aromatic rings. The van der Waals surface area contributed by atoms with Gasteiger partial charge in [-0.25, -0.2) is 4.98 Å². The van der Waals surface area contributed by atoms with E-state index in [1.165, 1.54) is 0 Å². The van der Waals surface area contributed by atoms with Gasteiger partial charge in [0.2, 0.25) is 11.8 Å². The number of amides is 2. The van der Waals surface area contributed by atoms with Crippen molar-refractivity contribution in [3.05, 3.63) is 23.4 Å². The van der Waals surface area contributed by atoms with Crippen molar-refractivity contribution >= 4 is 30.0 Å².